The third-order valence-electron chi connectivity index (χ3n) is 2.68. The van der Waals surface area contributed by atoms with Crippen LogP contribution in [0, 0.1) is 5.92 Å². The molecule has 14 heavy (non-hydrogen) atoms. The summed E-state index contributed by atoms with van der Waals surface area (Å²) in [5, 5.41) is 9.14. The fraction of sp³-hybridized carbons (Fsp3) is 0.455. The molecule has 2 atom stereocenters. The minimum Gasteiger partial charge on any atom is -0.508 e. The molecule has 2 nitrogen and oxygen atoms in total. The van der Waals surface area contributed by atoms with E-state index in [0.29, 0.717) is 17.7 Å². The van der Waals surface area contributed by atoms with Gasteiger partial charge in [-0.1, -0.05) is 12.1 Å². The third kappa shape index (κ3) is 2.22. The highest BCUT2D eigenvalue weighted by Crippen LogP contribution is 2.26. The van der Waals surface area contributed by atoms with Crippen molar-refractivity contribution in [3.05, 3.63) is 29.8 Å². The fourth-order valence-electron chi connectivity index (χ4n) is 1.76. The van der Waals surface area contributed by atoms with E-state index >= 15 is 0 Å². The second-order valence-electron chi connectivity index (χ2n) is 3.83. The van der Waals surface area contributed by atoms with Crippen molar-refractivity contribution in [2.45, 2.75) is 12.5 Å². The van der Waals surface area contributed by atoms with Gasteiger partial charge in [0.25, 0.3) is 0 Å². The van der Waals surface area contributed by atoms with Crippen molar-refractivity contribution in [2.24, 2.45) is 11.7 Å². The Bertz CT molecular complexity index is 299. The van der Waals surface area contributed by atoms with Gasteiger partial charge in [0.15, 0.2) is 0 Å². The van der Waals surface area contributed by atoms with Crippen molar-refractivity contribution < 1.29 is 5.11 Å². The molecule has 1 heterocycles. The van der Waals surface area contributed by atoms with Gasteiger partial charge in [0.2, 0.25) is 0 Å². The fourth-order valence-corrected chi connectivity index (χ4v) is 3.11. The number of aromatic hydroxyl groups is 1. The number of hydrogen-bond donors (Lipinski definition) is 2. The molecule has 0 amide bonds. The van der Waals surface area contributed by atoms with E-state index in [2.05, 4.69) is 0 Å². The van der Waals surface area contributed by atoms with E-state index in [1.54, 1.807) is 12.1 Å². The summed E-state index contributed by atoms with van der Waals surface area (Å²) in [4.78, 5) is 0. The molecular weight excluding hydrogens is 194 g/mol. The zero-order valence-electron chi connectivity index (χ0n) is 8.02. The lowest BCUT2D eigenvalue weighted by molar-refractivity contribution is 0.474. The minimum absolute atomic E-state index is 0.332. The molecule has 2 rings (SSSR count). The Morgan fingerprint density at radius 3 is 2.57 bits per heavy atom. The number of hydrogen-bond acceptors (Lipinski definition) is 3. The zero-order valence-corrected chi connectivity index (χ0v) is 8.83. The van der Waals surface area contributed by atoms with E-state index in [4.69, 9.17) is 10.8 Å². The Balaban J connectivity index is 2.00. The minimum atomic E-state index is 0.332. The standard InChI is InChI=1S/C11H15NOS/c12-11-7-14-6-9(11)5-8-1-3-10(13)4-2-8/h1-4,9,11,13H,5-7,12H2. The zero-order chi connectivity index (χ0) is 9.97. The van der Waals surface area contributed by atoms with Gasteiger partial charge in [-0.05, 0) is 35.8 Å². The molecule has 76 valence electrons. The summed E-state index contributed by atoms with van der Waals surface area (Å²) >= 11 is 1.94. The van der Waals surface area contributed by atoms with E-state index in [-0.39, 0.29) is 0 Å². The first-order valence-corrected chi connectivity index (χ1v) is 6.02. The van der Waals surface area contributed by atoms with Crippen LogP contribution < -0.4 is 5.73 Å². The predicted molar refractivity (Wildman–Crippen MR) is 60.6 cm³/mol. The van der Waals surface area contributed by atoms with E-state index in [9.17, 15) is 0 Å². The van der Waals surface area contributed by atoms with Crippen LogP contribution in [0.15, 0.2) is 24.3 Å². The number of phenols is 1. The number of nitrogens with two attached hydrogens (primary N) is 1. The first-order chi connectivity index (χ1) is 6.75. The Hall–Kier alpha value is -0.670. The van der Waals surface area contributed by atoms with E-state index in [0.717, 1.165) is 12.2 Å². The highest BCUT2D eigenvalue weighted by molar-refractivity contribution is 7.99. The number of benzene rings is 1. The normalized spacial score (nSPS) is 26.6. The molecule has 1 saturated heterocycles. The summed E-state index contributed by atoms with van der Waals surface area (Å²) in [5.41, 5.74) is 7.26. The summed E-state index contributed by atoms with van der Waals surface area (Å²) in [6.07, 6.45) is 1.04. The molecule has 2 unspecified atom stereocenters. The highest BCUT2D eigenvalue weighted by atomic mass is 32.2. The van der Waals surface area contributed by atoms with Crippen molar-refractivity contribution >= 4 is 11.8 Å². The molecule has 1 aromatic carbocycles. The van der Waals surface area contributed by atoms with Crippen LogP contribution in [-0.4, -0.2) is 22.7 Å². The van der Waals surface area contributed by atoms with Crippen LogP contribution in [0.3, 0.4) is 0 Å². The van der Waals surface area contributed by atoms with Gasteiger partial charge in [0.1, 0.15) is 5.75 Å². The lowest BCUT2D eigenvalue weighted by atomic mass is 9.96. The van der Waals surface area contributed by atoms with E-state index in [1.807, 2.05) is 23.9 Å². The summed E-state index contributed by atoms with van der Waals surface area (Å²) < 4.78 is 0. The molecule has 1 aliphatic heterocycles. The number of thioether (sulfide) groups is 1. The van der Waals surface area contributed by atoms with Gasteiger partial charge in [0.05, 0.1) is 0 Å². The molecule has 1 aromatic rings. The summed E-state index contributed by atoms with van der Waals surface area (Å²) in [6, 6.07) is 7.77. The molecule has 0 radical (unpaired) electrons. The highest BCUT2D eigenvalue weighted by Gasteiger charge is 2.24. The van der Waals surface area contributed by atoms with Crippen LogP contribution in [0.2, 0.25) is 0 Å². The van der Waals surface area contributed by atoms with Crippen LogP contribution in [0.1, 0.15) is 5.56 Å². The average molecular weight is 209 g/mol. The van der Waals surface area contributed by atoms with Crippen LogP contribution in [0.5, 0.6) is 5.75 Å². The molecule has 0 aliphatic carbocycles. The molecule has 0 saturated carbocycles. The quantitative estimate of drug-likeness (QED) is 0.778. The largest absolute Gasteiger partial charge is 0.508 e. The molecule has 0 aromatic heterocycles. The molecule has 3 N–H and O–H groups in total. The van der Waals surface area contributed by atoms with Crippen molar-refractivity contribution in [2.75, 3.05) is 11.5 Å². The molecular formula is C11H15NOS. The van der Waals surface area contributed by atoms with E-state index in [1.165, 1.54) is 11.3 Å². The van der Waals surface area contributed by atoms with Crippen LogP contribution in [-0.2, 0) is 6.42 Å². The molecule has 3 heteroatoms. The first kappa shape index (κ1) is 9.87. The molecule has 0 bridgehead atoms. The van der Waals surface area contributed by atoms with Gasteiger partial charge in [-0.25, -0.2) is 0 Å². The molecule has 1 aliphatic rings. The average Bonchev–Trinajstić information content (AvgIpc) is 2.56. The predicted octanol–water partition coefficient (Wildman–Crippen LogP) is 1.62. The van der Waals surface area contributed by atoms with Crippen molar-refractivity contribution in [1.29, 1.82) is 0 Å². The van der Waals surface area contributed by atoms with Crippen LogP contribution in [0.4, 0.5) is 0 Å². The van der Waals surface area contributed by atoms with Gasteiger partial charge >= 0.3 is 0 Å². The van der Waals surface area contributed by atoms with Crippen molar-refractivity contribution in [3.63, 3.8) is 0 Å². The maximum absolute atomic E-state index is 9.14. The smallest absolute Gasteiger partial charge is 0.115 e. The third-order valence-corrected chi connectivity index (χ3v) is 3.97. The Kier molecular flexibility index (Phi) is 2.99. The van der Waals surface area contributed by atoms with Crippen LogP contribution >= 0.6 is 11.8 Å². The summed E-state index contributed by atoms with van der Waals surface area (Å²) in [5.74, 6) is 3.19. The first-order valence-electron chi connectivity index (χ1n) is 4.87. The van der Waals surface area contributed by atoms with Gasteiger partial charge in [0, 0.05) is 11.8 Å². The summed E-state index contributed by atoms with van der Waals surface area (Å²) in [6.45, 7) is 0. The van der Waals surface area contributed by atoms with Crippen molar-refractivity contribution in [1.82, 2.24) is 0 Å². The maximum Gasteiger partial charge on any atom is 0.115 e. The Morgan fingerprint density at radius 1 is 1.29 bits per heavy atom. The topological polar surface area (TPSA) is 46.2 Å². The maximum atomic E-state index is 9.14. The second-order valence-corrected chi connectivity index (χ2v) is 4.91. The monoisotopic (exact) mass is 209 g/mol. The van der Waals surface area contributed by atoms with Crippen molar-refractivity contribution in [3.8, 4) is 5.75 Å². The lowest BCUT2D eigenvalue weighted by Gasteiger charge is -2.13. The molecule has 0 spiro atoms. The van der Waals surface area contributed by atoms with Crippen LogP contribution in [0.25, 0.3) is 0 Å². The van der Waals surface area contributed by atoms with Gasteiger partial charge in [-0.2, -0.15) is 11.8 Å². The Labute approximate surface area is 88.5 Å². The number of rotatable bonds is 2. The second kappa shape index (κ2) is 4.24. The van der Waals surface area contributed by atoms with Gasteiger partial charge < -0.3 is 10.8 Å². The summed E-state index contributed by atoms with van der Waals surface area (Å²) in [7, 11) is 0. The molecule has 1 fully saturated rings. The lowest BCUT2D eigenvalue weighted by Crippen LogP contribution is -2.29. The van der Waals surface area contributed by atoms with E-state index < -0.39 is 0 Å². The number of phenolic OH excluding ortho intramolecular Hbond substituents is 1. The Morgan fingerprint density at radius 2 is 2.00 bits per heavy atom. The van der Waals surface area contributed by atoms with Gasteiger partial charge in [-0.3, -0.25) is 0 Å². The SMILES string of the molecule is NC1CSCC1Cc1ccc(O)cc1. The van der Waals surface area contributed by atoms with Gasteiger partial charge in [-0.15, -0.1) is 0 Å².